The average molecular weight is 466 g/mol. The van der Waals surface area contributed by atoms with Crippen molar-refractivity contribution in [3.05, 3.63) is 38.8 Å². The van der Waals surface area contributed by atoms with Crippen LogP contribution in [0.25, 0.3) is 6.08 Å². The quantitative estimate of drug-likeness (QED) is 0.282. The molecule has 31 heavy (non-hydrogen) atoms. The highest BCUT2D eigenvalue weighted by Crippen LogP contribution is 2.35. The van der Waals surface area contributed by atoms with Crippen LogP contribution in [-0.2, 0) is 9.59 Å². The van der Waals surface area contributed by atoms with Crippen molar-refractivity contribution < 1.29 is 24.4 Å². The van der Waals surface area contributed by atoms with Crippen LogP contribution in [0.2, 0.25) is 0 Å². The fourth-order valence-electron chi connectivity index (χ4n) is 3.33. The molecule has 2 fully saturated rings. The van der Waals surface area contributed by atoms with Gasteiger partial charge in [0.15, 0.2) is 0 Å². The van der Waals surface area contributed by atoms with Crippen molar-refractivity contribution in [3.63, 3.8) is 0 Å². The van der Waals surface area contributed by atoms with E-state index >= 15 is 0 Å². The van der Waals surface area contributed by atoms with Gasteiger partial charge in [-0.05, 0) is 48.2 Å². The summed E-state index contributed by atoms with van der Waals surface area (Å²) in [4.78, 5) is 51.5. The lowest BCUT2D eigenvalue weighted by Gasteiger charge is -2.31. The van der Waals surface area contributed by atoms with E-state index in [2.05, 4.69) is 6.92 Å². The highest BCUT2D eigenvalue weighted by Gasteiger charge is 2.37. The molecule has 2 aliphatic heterocycles. The molecular formula is C20H23N3O6S2. The van der Waals surface area contributed by atoms with Gasteiger partial charge in [0.2, 0.25) is 5.91 Å². The molecule has 0 unspecified atom stereocenters. The minimum Gasteiger partial charge on any atom is -0.396 e. The van der Waals surface area contributed by atoms with E-state index in [1.165, 1.54) is 12.1 Å². The number of piperidine rings is 1. The molecule has 0 bridgehead atoms. The number of aliphatic hydroxyl groups is 1. The summed E-state index contributed by atoms with van der Waals surface area (Å²) in [5, 5.41) is 19.8. The standard InChI is InChI=1S/C20H23N3O6S2/c1-13-4-6-21(7-5-13)18(25)12-22-19(26)17(31-20(22)27)11-14-2-3-16(30-9-8-24)15(10-14)23(28)29/h2-3,10-11,13,24H,4-9,12H2,1H3/b17-11-. The number of nitro groups is 1. The number of amides is 3. The number of carbonyl (C=O) groups is 3. The predicted octanol–water partition coefficient (Wildman–Crippen LogP) is 2.97. The second kappa shape index (κ2) is 10.3. The monoisotopic (exact) mass is 465 g/mol. The van der Waals surface area contributed by atoms with Crippen LogP contribution < -0.4 is 0 Å². The molecule has 0 saturated carbocycles. The predicted molar refractivity (Wildman–Crippen MR) is 119 cm³/mol. The van der Waals surface area contributed by atoms with E-state index in [0.717, 1.165) is 41.3 Å². The molecule has 3 amide bonds. The molecule has 166 valence electrons. The first kappa shape index (κ1) is 23.3. The zero-order chi connectivity index (χ0) is 22.5. The maximum absolute atomic E-state index is 12.7. The Kier molecular flexibility index (Phi) is 7.74. The summed E-state index contributed by atoms with van der Waals surface area (Å²) in [5.74, 6) is 0.0522. The maximum atomic E-state index is 12.7. The van der Waals surface area contributed by atoms with Crippen LogP contribution >= 0.6 is 23.5 Å². The minimum atomic E-state index is -0.574. The normalized spacial score (nSPS) is 18.8. The van der Waals surface area contributed by atoms with Crippen LogP contribution in [0.3, 0.4) is 0 Å². The third-order valence-electron chi connectivity index (χ3n) is 5.13. The van der Waals surface area contributed by atoms with Gasteiger partial charge in [-0.15, -0.1) is 11.8 Å². The number of imide groups is 1. The lowest BCUT2D eigenvalue weighted by Crippen LogP contribution is -2.45. The third-order valence-corrected chi connectivity index (χ3v) is 7.08. The Hall–Kier alpha value is -2.37. The highest BCUT2D eigenvalue weighted by atomic mass is 32.2. The molecule has 0 aliphatic carbocycles. The number of benzene rings is 1. The number of aliphatic hydroxyl groups excluding tert-OH is 1. The zero-order valence-electron chi connectivity index (χ0n) is 17.0. The average Bonchev–Trinajstić information content (AvgIpc) is 3.00. The third kappa shape index (κ3) is 5.66. The molecule has 3 rings (SSSR count). The summed E-state index contributed by atoms with van der Waals surface area (Å²) in [6.07, 6.45) is 3.23. The second-order valence-electron chi connectivity index (χ2n) is 7.39. The Morgan fingerprint density at radius 1 is 1.35 bits per heavy atom. The molecule has 1 N–H and O–H groups in total. The Balaban J connectivity index is 1.73. The number of nitrogens with zero attached hydrogens (tertiary/aromatic N) is 3. The van der Waals surface area contributed by atoms with Gasteiger partial charge in [-0.25, -0.2) is 0 Å². The van der Waals surface area contributed by atoms with Crippen molar-refractivity contribution in [3.8, 4) is 0 Å². The lowest BCUT2D eigenvalue weighted by molar-refractivity contribution is -0.387. The van der Waals surface area contributed by atoms with Gasteiger partial charge in [0, 0.05) is 24.9 Å². The maximum Gasteiger partial charge on any atom is 0.294 e. The molecule has 2 saturated heterocycles. The zero-order valence-corrected chi connectivity index (χ0v) is 18.6. The molecule has 0 radical (unpaired) electrons. The van der Waals surface area contributed by atoms with E-state index in [-0.39, 0.29) is 29.7 Å². The van der Waals surface area contributed by atoms with Gasteiger partial charge in [0.05, 0.1) is 21.3 Å². The topological polar surface area (TPSA) is 121 Å². The molecule has 0 aromatic heterocycles. The van der Waals surface area contributed by atoms with E-state index < -0.39 is 16.1 Å². The van der Waals surface area contributed by atoms with Gasteiger partial charge < -0.3 is 10.0 Å². The molecule has 2 heterocycles. The Morgan fingerprint density at radius 2 is 2.06 bits per heavy atom. The van der Waals surface area contributed by atoms with Gasteiger partial charge in [-0.2, -0.15) is 0 Å². The van der Waals surface area contributed by atoms with E-state index in [1.54, 1.807) is 17.0 Å². The summed E-state index contributed by atoms with van der Waals surface area (Å²) in [6, 6.07) is 4.49. The largest absolute Gasteiger partial charge is 0.396 e. The van der Waals surface area contributed by atoms with Crippen molar-refractivity contribution in [2.45, 2.75) is 24.7 Å². The molecule has 1 aromatic carbocycles. The molecule has 11 heteroatoms. The van der Waals surface area contributed by atoms with Crippen LogP contribution in [0.1, 0.15) is 25.3 Å². The van der Waals surface area contributed by atoms with Crippen molar-refractivity contribution in [2.75, 3.05) is 32.0 Å². The number of hydrogen-bond acceptors (Lipinski definition) is 8. The van der Waals surface area contributed by atoms with Gasteiger partial charge >= 0.3 is 0 Å². The summed E-state index contributed by atoms with van der Waals surface area (Å²) < 4.78 is 0. The van der Waals surface area contributed by atoms with Crippen molar-refractivity contribution >= 4 is 52.3 Å². The van der Waals surface area contributed by atoms with Crippen LogP contribution in [0, 0.1) is 16.0 Å². The Bertz CT molecular complexity index is 927. The Morgan fingerprint density at radius 3 is 2.71 bits per heavy atom. The van der Waals surface area contributed by atoms with Crippen LogP contribution in [0.4, 0.5) is 10.5 Å². The number of likely N-dealkylation sites (tertiary alicyclic amines) is 1. The minimum absolute atomic E-state index is 0.105. The van der Waals surface area contributed by atoms with Crippen LogP contribution in [-0.4, -0.2) is 68.9 Å². The number of thioether (sulfide) groups is 2. The first-order chi connectivity index (χ1) is 14.8. The number of carbonyl (C=O) groups excluding carboxylic acids is 3. The molecule has 0 atom stereocenters. The van der Waals surface area contributed by atoms with E-state index in [9.17, 15) is 24.5 Å². The van der Waals surface area contributed by atoms with Crippen molar-refractivity contribution in [2.24, 2.45) is 5.92 Å². The van der Waals surface area contributed by atoms with E-state index in [0.29, 0.717) is 35.2 Å². The highest BCUT2D eigenvalue weighted by molar-refractivity contribution is 8.18. The first-order valence-corrected chi connectivity index (χ1v) is 11.7. The van der Waals surface area contributed by atoms with E-state index in [4.69, 9.17) is 5.11 Å². The summed E-state index contributed by atoms with van der Waals surface area (Å²) in [7, 11) is 0. The SMILES string of the molecule is CC1CCN(C(=O)CN2C(=O)S/C(=C\c3ccc(SCCO)c([N+](=O)[O-])c3)C2=O)CC1. The summed E-state index contributed by atoms with van der Waals surface area (Å²) in [6.45, 7) is 2.97. The number of nitro benzene ring substituents is 1. The van der Waals surface area contributed by atoms with Crippen LogP contribution in [0.15, 0.2) is 28.0 Å². The first-order valence-electron chi connectivity index (χ1n) is 9.85. The molecule has 9 nitrogen and oxygen atoms in total. The lowest BCUT2D eigenvalue weighted by atomic mass is 9.99. The second-order valence-corrected chi connectivity index (χ2v) is 9.52. The number of rotatable bonds is 7. The molecule has 1 aromatic rings. The van der Waals surface area contributed by atoms with Crippen LogP contribution in [0.5, 0.6) is 0 Å². The number of hydrogen-bond donors (Lipinski definition) is 1. The van der Waals surface area contributed by atoms with E-state index in [1.807, 2.05) is 0 Å². The van der Waals surface area contributed by atoms with Gasteiger partial charge in [0.25, 0.3) is 16.8 Å². The molecule has 0 spiro atoms. The summed E-state index contributed by atoms with van der Waals surface area (Å²) in [5.41, 5.74) is 0.267. The fourth-order valence-corrected chi connectivity index (χ4v) is 4.92. The van der Waals surface area contributed by atoms with Crippen molar-refractivity contribution in [1.82, 2.24) is 9.80 Å². The molecule has 2 aliphatic rings. The fraction of sp³-hybridized carbons (Fsp3) is 0.450. The molecular weight excluding hydrogens is 442 g/mol. The van der Waals surface area contributed by atoms with Gasteiger partial charge in [0.1, 0.15) is 6.54 Å². The summed E-state index contributed by atoms with van der Waals surface area (Å²) >= 11 is 1.88. The van der Waals surface area contributed by atoms with Crippen molar-refractivity contribution in [1.29, 1.82) is 0 Å². The van der Waals surface area contributed by atoms with Gasteiger partial charge in [-0.1, -0.05) is 13.0 Å². The Labute approximate surface area is 188 Å². The smallest absolute Gasteiger partial charge is 0.294 e. The van der Waals surface area contributed by atoms with Gasteiger partial charge in [-0.3, -0.25) is 29.4 Å².